The number of allylic oxidation sites excluding steroid dienone is 3. The van der Waals surface area contributed by atoms with E-state index in [-0.39, 0.29) is 11.7 Å². The van der Waals surface area contributed by atoms with Crippen LogP contribution in [0.4, 0.5) is 0 Å². The quantitative estimate of drug-likeness (QED) is 0.659. The fourth-order valence-electron chi connectivity index (χ4n) is 2.68. The van der Waals surface area contributed by atoms with Crippen LogP contribution in [0.3, 0.4) is 0 Å². The first-order valence-corrected chi connectivity index (χ1v) is 6.13. The average Bonchev–Trinajstić information content (AvgIpc) is 3.04. The molecular formula is C13H17BO2. The van der Waals surface area contributed by atoms with Gasteiger partial charge in [-0.15, -0.1) is 0 Å². The lowest BCUT2D eigenvalue weighted by Crippen LogP contribution is -2.22. The van der Waals surface area contributed by atoms with Crippen molar-refractivity contribution in [3.8, 4) is 0 Å². The molecule has 2 radical (unpaired) electrons. The second-order valence-electron chi connectivity index (χ2n) is 5.15. The third-order valence-electron chi connectivity index (χ3n) is 4.09. The lowest BCUT2D eigenvalue weighted by atomic mass is 9.87. The van der Waals surface area contributed by atoms with Crippen LogP contribution in [-0.4, -0.2) is 27.4 Å². The maximum absolute atomic E-state index is 5.89. The van der Waals surface area contributed by atoms with Crippen molar-refractivity contribution in [1.29, 1.82) is 0 Å². The Morgan fingerprint density at radius 3 is 3.12 bits per heavy atom. The molecule has 0 aromatic rings. The minimum Gasteiger partial charge on any atom is -0.348 e. The van der Waals surface area contributed by atoms with Crippen LogP contribution in [0, 0.1) is 11.3 Å². The summed E-state index contributed by atoms with van der Waals surface area (Å²) in [5, 5.41) is 0. The van der Waals surface area contributed by atoms with E-state index in [4.69, 9.17) is 17.3 Å². The van der Waals surface area contributed by atoms with Crippen molar-refractivity contribution in [2.45, 2.75) is 31.9 Å². The van der Waals surface area contributed by atoms with Gasteiger partial charge in [-0.3, -0.25) is 0 Å². The molecule has 0 N–H and O–H groups in total. The summed E-state index contributed by atoms with van der Waals surface area (Å²) in [6.45, 7) is 1.57. The monoisotopic (exact) mass is 216 g/mol. The van der Waals surface area contributed by atoms with Crippen molar-refractivity contribution in [3.05, 3.63) is 23.8 Å². The summed E-state index contributed by atoms with van der Waals surface area (Å²) in [7, 11) is 5.81. The standard InChI is InChI=1S/C13H17BO2/c14-8-13-6-11(13)7-15-12(16-9-13)10-4-2-1-3-5-10/h1-2,4,11-12H,3,5-9H2. The normalized spacial score (nSPS) is 42.1. The van der Waals surface area contributed by atoms with E-state index in [0.717, 1.165) is 32.4 Å². The molecule has 0 amide bonds. The summed E-state index contributed by atoms with van der Waals surface area (Å²) < 4.78 is 11.7. The summed E-state index contributed by atoms with van der Waals surface area (Å²) in [5.74, 6) is 0.627. The van der Waals surface area contributed by atoms with Gasteiger partial charge in [0, 0.05) is 0 Å². The Bertz CT molecular complexity index is 337. The lowest BCUT2D eigenvalue weighted by Gasteiger charge is -2.22. The van der Waals surface area contributed by atoms with Gasteiger partial charge in [-0.25, -0.2) is 0 Å². The number of fused-ring (bicyclic) bond motifs is 1. The number of hydrogen-bond donors (Lipinski definition) is 0. The molecular weight excluding hydrogens is 199 g/mol. The van der Waals surface area contributed by atoms with Crippen LogP contribution in [0.5, 0.6) is 0 Å². The predicted molar refractivity (Wildman–Crippen MR) is 63.3 cm³/mol. The number of ether oxygens (including phenoxy) is 2. The highest BCUT2D eigenvalue weighted by Crippen LogP contribution is 2.56. The zero-order chi connectivity index (χ0) is 11.0. The molecule has 0 aromatic heterocycles. The Kier molecular flexibility index (Phi) is 2.68. The van der Waals surface area contributed by atoms with Gasteiger partial charge >= 0.3 is 0 Å². The second kappa shape index (κ2) is 4.04. The van der Waals surface area contributed by atoms with Gasteiger partial charge in [-0.1, -0.05) is 24.5 Å². The summed E-state index contributed by atoms with van der Waals surface area (Å²) in [6, 6.07) is 0. The molecule has 2 fully saturated rings. The molecule has 1 heterocycles. The van der Waals surface area contributed by atoms with E-state index in [1.54, 1.807) is 0 Å². The molecule has 0 aromatic carbocycles. The molecule has 0 bridgehead atoms. The van der Waals surface area contributed by atoms with Gasteiger partial charge in [0.2, 0.25) is 0 Å². The van der Waals surface area contributed by atoms with Crippen LogP contribution in [0.15, 0.2) is 23.8 Å². The maximum atomic E-state index is 5.89. The molecule has 1 aliphatic heterocycles. The highest BCUT2D eigenvalue weighted by Gasteiger charge is 2.54. The van der Waals surface area contributed by atoms with Gasteiger partial charge in [0.1, 0.15) is 0 Å². The Labute approximate surface area is 98.1 Å². The van der Waals surface area contributed by atoms with Crippen molar-refractivity contribution in [3.63, 3.8) is 0 Å². The summed E-state index contributed by atoms with van der Waals surface area (Å²) >= 11 is 0. The molecule has 0 spiro atoms. The zero-order valence-electron chi connectivity index (χ0n) is 9.52. The van der Waals surface area contributed by atoms with E-state index < -0.39 is 0 Å². The van der Waals surface area contributed by atoms with Crippen molar-refractivity contribution in [2.24, 2.45) is 11.3 Å². The molecule has 2 nitrogen and oxygen atoms in total. The Balaban J connectivity index is 1.67. The van der Waals surface area contributed by atoms with E-state index in [2.05, 4.69) is 18.2 Å². The topological polar surface area (TPSA) is 18.5 Å². The zero-order valence-corrected chi connectivity index (χ0v) is 9.52. The fourth-order valence-corrected chi connectivity index (χ4v) is 2.68. The minimum atomic E-state index is -0.124. The second-order valence-corrected chi connectivity index (χ2v) is 5.15. The van der Waals surface area contributed by atoms with Crippen LogP contribution in [0.1, 0.15) is 19.3 Å². The lowest BCUT2D eigenvalue weighted by molar-refractivity contribution is -0.114. The molecule has 1 saturated carbocycles. The van der Waals surface area contributed by atoms with Gasteiger partial charge in [-0.2, -0.15) is 0 Å². The molecule has 16 heavy (non-hydrogen) atoms. The van der Waals surface area contributed by atoms with Crippen LogP contribution in [0.25, 0.3) is 0 Å². The van der Waals surface area contributed by atoms with E-state index in [9.17, 15) is 0 Å². The van der Waals surface area contributed by atoms with E-state index in [1.165, 1.54) is 12.0 Å². The fraction of sp³-hybridized carbons (Fsp3) is 0.692. The number of hydrogen-bond acceptors (Lipinski definition) is 2. The Morgan fingerprint density at radius 2 is 2.38 bits per heavy atom. The molecule has 3 unspecified atom stereocenters. The first kappa shape index (κ1) is 10.6. The van der Waals surface area contributed by atoms with Crippen LogP contribution in [-0.2, 0) is 9.47 Å². The minimum absolute atomic E-state index is 0.124. The number of rotatable bonds is 2. The molecule has 3 aliphatic rings. The molecule has 3 rings (SSSR count). The van der Waals surface area contributed by atoms with Crippen molar-refractivity contribution in [1.82, 2.24) is 0 Å². The predicted octanol–water partition coefficient (Wildman–Crippen LogP) is 2.23. The van der Waals surface area contributed by atoms with Gasteiger partial charge in [0.25, 0.3) is 0 Å². The van der Waals surface area contributed by atoms with Crippen LogP contribution < -0.4 is 0 Å². The third-order valence-corrected chi connectivity index (χ3v) is 4.09. The first-order valence-electron chi connectivity index (χ1n) is 6.13. The third kappa shape index (κ3) is 1.76. The van der Waals surface area contributed by atoms with Crippen molar-refractivity contribution < 1.29 is 9.47 Å². The summed E-state index contributed by atoms with van der Waals surface area (Å²) in [4.78, 5) is 0. The Hall–Kier alpha value is -0.535. The van der Waals surface area contributed by atoms with Gasteiger partial charge in [0.15, 0.2) is 6.29 Å². The smallest absolute Gasteiger partial charge is 0.180 e. The largest absolute Gasteiger partial charge is 0.348 e. The molecule has 3 heteroatoms. The van der Waals surface area contributed by atoms with Crippen molar-refractivity contribution in [2.75, 3.05) is 13.2 Å². The van der Waals surface area contributed by atoms with E-state index >= 15 is 0 Å². The molecule has 84 valence electrons. The van der Waals surface area contributed by atoms with Gasteiger partial charge < -0.3 is 9.47 Å². The van der Waals surface area contributed by atoms with E-state index in [0.29, 0.717) is 5.92 Å². The first-order chi connectivity index (χ1) is 7.84. The maximum Gasteiger partial charge on any atom is 0.180 e. The van der Waals surface area contributed by atoms with Crippen molar-refractivity contribution >= 4 is 7.85 Å². The van der Waals surface area contributed by atoms with Crippen LogP contribution >= 0.6 is 0 Å². The molecule has 3 atom stereocenters. The van der Waals surface area contributed by atoms with Crippen LogP contribution in [0.2, 0.25) is 6.32 Å². The molecule has 1 saturated heterocycles. The highest BCUT2D eigenvalue weighted by atomic mass is 16.7. The highest BCUT2D eigenvalue weighted by molar-refractivity contribution is 6.09. The van der Waals surface area contributed by atoms with Gasteiger partial charge in [0.05, 0.1) is 21.1 Å². The molecule has 2 aliphatic carbocycles. The Morgan fingerprint density at radius 1 is 1.44 bits per heavy atom. The summed E-state index contributed by atoms with van der Waals surface area (Å²) in [5.41, 5.74) is 1.51. The SMILES string of the molecule is [B]CC12COC(C3=CC=CCC3)OCC1C2. The average molecular weight is 216 g/mol. The van der Waals surface area contributed by atoms with Gasteiger partial charge in [-0.05, 0) is 36.2 Å². The van der Waals surface area contributed by atoms with E-state index in [1.807, 2.05) is 0 Å². The summed E-state index contributed by atoms with van der Waals surface area (Å²) in [6.07, 6.45) is 10.3.